The van der Waals surface area contributed by atoms with Gasteiger partial charge in [-0.2, -0.15) is 0 Å². The summed E-state index contributed by atoms with van der Waals surface area (Å²) in [6.07, 6.45) is 0. The lowest BCUT2D eigenvalue weighted by atomic mass is 10.1. The first-order chi connectivity index (χ1) is 9.36. The maximum atomic E-state index is 11.8. The smallest absolute Gasteiger partial charge is 0.254 e. The fourth-order valence-corrected chi connectivity index (χ4v) is 1.76. The van der Waals surface area contributed by atoms with Crippen molar-refractivity contribution < 1.29 is 14.3 Å². The summed E-state index contributed by atoms with van der Waals surface area (Å²) in [5.41, 5.74) is 6.45. The van der Waals surface area contributed by atoms with Crippen LogP contribution in [0.15, 0.2) is 18.2 Å². The molecule has 0 bridgehead atoms. The molecule has 2 amide bonds. The number of methoxy groups -OCH3 is 1. The number of hydrogen-bond acceptors (Lipinski definition) is 4. The fraction of sp³-hybridized carbons (Fsp3) is 0.385. The normalized spacial score (nSPS) is 11.3. The molecule has 0 aromatic heterocycles. The highest BCUT2D eigenvalue weighted by Gasteiger charge is 2.16. The third-order valence-corrected chi connectivity index (χ3v) is 2.87. The first kappa shape index (κ1) is 19.7. The molecule has 0 radical (unpaired) electrons. The largest absolute Gasteiger partial charge is 0.383 e. The van der Waals surface area contributed by atoms with Gasteiger partial charge in [-0.15, -0.1) is 12.4 Å². The van der Waals surface area contributed by atoms with Crippen LogP contribution in [0.2, 0.25) is 5.02 Å². The van der Waals surface area contributed by atoms with Gasteiger partial charge in [-0.3, -0.25) is 9.59 Å². The summed E-state index contributed by atoms with van der Waals surface area (Å²) in [6, 6.07) is 3.90. The van der Waals surface area contributed by atoms with Gasteiger partial charge in [0.2, 0.25) is 5.91 Å². The molecule has 0 saturated carbocycles. The van der Waals surface area contributed by atoms with Gasteiger partial charge in [-0.05, 0) is 18.2 Å². The maximum absolute atomic E-state index is 11.8. The second kappa shape index (κ2) is 8.84. The van der Waals surface area contributed by atoms with E-state index in [1.807, 2.05) is 0 Å². The van der Waals surface area contributed by atoms with Gasteiger partial charge in [0.25, 0.3) is 5.91 Å². The predicted molar refractivity (Wildman–Crippen MR) is 85.2 cm³/mol. The molecule has 118 valence electrons. The molecule has 0 aliphatic carbocycles. The summed E-state index contributed by atoms with van der Waals surface area (Å²) in [5.74, 6) is -0.585. The minimum atomic E-state index is -0.762. The van der Waals surface area contributed by atoms with Crippen molar-refractivity contribution in [2.24, 2.45) is 5.73 Å². The Kier molecular flexibility index (Phi) is 8.27. The van der Waals surface area contributed by atoms with Crippen LogP contribution in [0.1, 0.15) is 10.4 Å². The molecule has 0 aliphatic heterocycles. The first-order valence-corrected chi connectivity index (χ1v) is 6.31. The molecule has 0 fully saturated rings. The molecular formula is C13H19Cl2N3O3. The second-order valence-corrected chi connectivity index (χ2v) is 4.85. The van der Waals surface area contributed by atoms with Crippen molar-refractivity contribution >= 4 is 41.5 Å². The first-order valence-electron chi connectivity index (χ1n) is 5.93. The van der Waals surface area contributed by atoms with E-state index in [1.165, 1.54) is 18.1 Å². The van der Waals surface area contributed by atoms with Crippen LogP contribution < -0.4 is 11.1 Å². The van der Waals surface area contributed by atoms with Crippen molar-refractivity contribution in [2.75, 3.05) is 33.1 Å². The third kappa shape index (κ3) is 5.51. The van der Waals surface area contributed by atoms with Gasteiger partial charge >= 0.3 is 0 Å². The van der Waals surface area contributed by atoms with Gasteiger partial charge in [0, 0.05) is 26.9 Å². The summed E-state index contributed by atoms with van der Waals surface area (Å²) >= 11 is 6.04. The molecule has 0 saturated heterocycles. The van der Waals surface area contributed by atoms with Crippen LogP contribution in [-0.4, -0.2) is 50.6 Å². The number of nitrogens with one attached hydrogen (secondary N) is 1. The Balaban J connectivity index is 0.00000400. The number of nitrogens with two attached hydrogens (primary N) is 1. The van der Waals surface area contributed by atoms with E-state index in [9.17, 15) is 9.59 Å². The summed E-state index contributed by atoms with van der Waals surface area (Å²) in [7, 11) is 4.74. The maximum Gasteiger partial charge on any atom is 0.254 e. The molecule has 0 aliphatic rings. The molecule has 0 spiro atoms. The Morgan fingerprint density at radius 3 is 2.52 bits per heavy atom. The van der Waals surface area contributed by atoms with E-state index in [4.69, 9.17) is 22.1 Å². The van der Waals surface area contributed by atoms with E-state index < -0.39 is 6.04 Å². The average Bonchev–Trinajstić information content (AvgIpc) is 2.38. The molecule has 1 aromatic rings. The highest BCUT2D eigenvalue weighted by Crippen LogP contribution is 2.22. The lowest BCUT2D eigenvalue weighted by Gasteiger charge is -2.14. The number of carbonyl (C=O) groups excluding carboxylic acids is 2. The Morgan fingerprint density at radius 2 is 2.05 bits per heavy atom. The highest BCUT2D eigenvalue weighted by molar-refractivity contribution is 6.34. The molecule has 1 rings (SSSR count). The zero-order chi connectivity index (χ0) is 15.3. The topological polar surface area (TPSA) is 84.7 Å². The molecule has 1 atom stereocenters. The Bertz CT molecular complexity index is 509. The number of carbonyl (C=O) groups is 2. The lowest BCUT2D eigenvalue weighted by Crippen LogP contribution is -2.39. The Labute approximate surface area is 135 Å². The van der Waals surface area contributed by atoms with Crippen molar-refractivity contribution in [1.29, 1.82) is 0 Å². The van der Waals surface area contributed by atoms with Crippen molar-refractivity contribution in [3.05, 3.63) is 28.8 Å². The molecule has 3 N–H and O–H groups in total. The van der Waals surface area contributed by atoms with Crippen molar-refractivity contribution in [3.8, 4) is 0 Å². The number of anilines is 1. The molecule has 1 unspecified atom stereocenters. The van der Waals surface area contributed by atoms with Crippen molar-refractivity contribution in [3.63, 3.8) is 0 Å². The Morgan fingerprint density at radius 1 is 1.43 bits per heavy atom. The number of hydrogen-bond donors (Lipinski definition) is 2. The molecule has 1 aromatic carbocycles. The number of benzene rings is 1. The number of amides is 2. The van der Waals surface area contributed by atoms with Gasteiger partial charge in [-0.1, -0.05) is 11.6 Å². The molecule has 21 heavy (non-hydrogen) atoms. The predicted octanol–water partition coefficient (Wildman–Crippen LogP) is 1.38. The zero-order valence-electron chi connectivity index (χ0n) is 12.1. The molecular weight excluding hydrogens is 317 g/mol. The van der Waals surface area contributed by atoms with Crippen molar-refractivity contribution in [2.45, 2.75) is 6.04 Å². The highest BCUT2D eigenvalue weighted by atomic mass is 35.5. The van der Waals surface area contributed by atoms with Crippen LogP contribution >= 0.6 is 24.0 Å². The van der Waals surface area contributed by atoms with E-state index in [-0.39, 0.29) is 35.9 Å². The minimum Gasteiger partial charge on any atom is -0.383 e. The third-order valence-electron chi connectivity index (χ3n) is 2.56. The van der Waals surface area contributed by atoms with Crippen molar-refractivity contribution in [1.82, 2.24) is 4.90 Å². The van der Waals surface area contributed by atoms with E-state index in [0.29, 0.717) is 11.3 Å². The summed E-state index contributed by atoms with van der Waals surface area (Å²) in [5, 5.41) is 2.87. The molecule has 6 nitrogen and oxygen atoms in total. The standard InChI is InChI=1S/C13H18ClN3O3.ClH/c1-17(2)13(19)9-5-4-8(6-10(9)14)16-12(18)11(15)7-20-3;/h4-6,11H,7,15H2,1-3H3,(H,16,18);1H. The molecule has 0 heterocycles. The number of ether oxygens (including phenoxy) is 1. The fourth-order valence-electron chi connectivity index (χ4n) is 1.50. The van der Waals surface area contributed by atoms with Crippen LogP contribution in [-0.2, 0) is 9.53 Å². The zero-order valence-corrected chi connectivity index (χ0v) is 13.6. The van der Waals surface area contributed by atoms with Crippen LogP contribution in [0.4, 0.5) is 5.69 Å². The summed E-state index contributed by atoms with van der Waals surface area (Å²) in [4.78, 5) is 24.9. The number of nitrogens with zero attached hydrogens (tertiary/aromatic N) is 1. The van der Waals surface area contributed by atoms with Gasteiger partial charge in [-0.25, -0.2) is 0 Å². The van der Waals surface area contributed by atoms with E-state index in [0.717, 1.165) is 0 Å². The second-order valence-electron chi connectivity index (χ2n) is 4.45. The van der Waals surface area contributed by atoms with Gasteiger partial charge in [0.15, 0.2) is 0 Å². The Hall–Kier alpha value is -1.34. The number of halogens is 2. The minimum absolute atomic E-state index is 0. The summed E-state index contributed by atoms with van der Waals surface area (Å²) in [6.45, 7) is 0.122. The summed E-state index contributed by atoms with van der Waals surface area (Å²) < 4.78 is 4.80. The van der Waals surface area contributed by atoms with Gasteiger partial charge in [0.1, 0.15) is 6.04 Å². The monoisotopic (exact) mass is 335 g/mol. The quantitative estimate of drug-likeness (QED) is 0.851. The van der Waals surface area contributed by atoms with E-state index in [1.54, 1.807) is 26.2 Å². The van der Waals surface area contributed by atoms with E-state index in [2.05, 4.69) is 5.32 Å². The van der Waals surface area contributed by atoms with Gasteiger partial charge in [0.05, 0.1) is 17.2 Å². The van der Waals surface area contributed by atoms with Crippen LogP contribution in [0.25, 0.3) is 0 Å². The molecule has 8 heteroatoms. The van der Waals surface area contributed by atoms with Gasteiger partial charge < -0.3 is 20.7 Å². The lowest BCUT2D eigenvalue weighted by molar-refractivity contribution is -0.118. The average molecular weight is 336 g/mol. The van der Waals surface area contributed by atoms with Crippen LogP contribution in [0, 0.1) is 0 Å². The SMILES string of the molecule is COCC(N)C(=O)Nc1ccc(C(=O)N(C)C)c(Cl)c1.Cl. The number of rotatable bonds is 5. The van der Waals surface area contributed by atoms with Crippen LogP contribution in [0.3, 0.4) is 0 Å². The van der Waals surface area contributed by atoms with Crippen LogP contribution in [0.5, 0.6) is 0 Å². The van der Waals surface area contributed by atoms with E-state index >= 15 is 0 Å².